The summed E-state index contributed by atoms with van der Waals surface area (Å²) < 4.78 is 0.240. The highest BCUT2D eigenvalue weighted by Crippen LogP contribution is 2.30. The lowest BCUT2D eigenvalue weighted by molar-refractivity contribution is -0.137. The minimum atomic E-state index is -0.782. The number of thioether (sulfide) groups is 1. The number of carbonyl (C=O) groups excluding carboxylic acids is 1. The van der Waals surface area contributed by atoms with Crippen molar-refractivity contribution in [2.75, 3.05) is 25.4 Å². The number of urea groups is 1. The molecule has 5 nitrogen and oxygen atoms in total. The van der Waals surface area contributed by atoms with E-state index in [0.717, 1.165) is 25.3 Å². The summed E-state index contributed by atoms with van der Waals surface area (Å²) in [7, 11) is 0. The van der Waals surface area contributed by atoms with E-state index in [1.54, 1.807) is 0 Å². The van der Waals surface area contributed by atoms with Crippen LogP contribution >= 0.6 is 11.8 Å². The molecule has 0 radical (unpaired) electrons. The molecule has 1 unspecified atom stereocenters. The molecule has 1 rings (SSSR count). The van der Waals surface area contributed by atoms with Gasteiger partial charge in [0.25, 0.3) is 0 Å². The molecule has 116 valence electrons. The van der Waals surface area contributed by atoms with Crippen LogP contribution in [-0.4, -0.2) is 52.1 Å². The number of hydrogen-bond acceptors (Lipinski definition) is 3. The smallest absolute Gasteiger partial charge is 0.317 e. The predicted molar refractivity (Wildman–Crippen MR) is 82.2 cm³/mol. The Kier molecular flexibility index (Phi) is 6.65. The zero-order valence-electron chi connectivity index (χ0n) is 12.6. The van der Waals surface area contributed by atoms with Crippen LogP contribution in [-0.2, 0) is 4.79 Å². The maximum Gasteiger partial charge on any atom is 0.317 e. The van der Waals surface area contributed by atoms with Crippen LogP contribution < -0.4 is 5.32 Å². The topological polar surface area (TPSA) is 69.6 Å². The molecule has 0 saturated carbocycles. The third kappa shape index (κ3) is 6.50. The number of carboxylic acid groups (broad SMARTS) is 1. The van der Waals surface area contributed by atoms with Gasteiger partial charge in [-0.25, -0.2) is 4.79 Å². The highest BCUT2D eigenvalue weighted by Gasteiger charge is 2.25. The molecule has 0 aliphatic carbocycles. The quantitative estimate of drug-likeness (QED) is 0.818. The summed E-state index contributed by atoms with van der Waals surface area (Å²) in [5, 5.41) is 11.5. The maximum atomic E-state index is 12.1. The van der Waals surface area contributed by atoms with Crippen molar-refractivity contribution < 1.29 is 14.7 Å². The van der Waals surface area contributed by atoms with Crippen LogP contribution in [0.4, 0.5) is 4.79 Å². The molecule has 0 bridgehead atoms. The van der Waals surface area contributed by atoms with Gasteiger partial charge in [0.1, 0.15) is 0 Å². The highest BCUT2D eigenvalue weighted by atomic mass is 32.2. The normalized spacial score (nSPS) is 20.1. The number of carbonyl (C=O) groups is 2. The van der Waals surface area contributed by atoms with Crippen molar-refractivity contribution in [3.8, 4) is 0 Å². The molecular weight excluding hydrogens is 276 g/mol. The Hall–Kier alpha value is -0.910. The Morgan fingerprint density at radius 2 is 2.10 bits per heavy atom. The van der Waals surface area contributed by atoms with Gasteiger partial charge in [0.15, 0.2) is 0 Å². The number of rotatable bonds is 5. The first-order valence-electron chi connectivity index (χ1n) is 7.19. The van der Waals surface area contributed by atoms with Crippen LogP contribution in [0.5, 0.6) is 0 Å². The van der Waals surface area contributed by atoms with Crippen molar-refractivity contribution >= 4 is 23.8 Å². The van der Waals surface area contributed by atoms with Gasteiger partial charge >= 0.3 is 12.0 Å². The van der Waals surface area contributed by atoms with E-state index in [1.165, 1.54) is 0 Å². The third-order valence-corrected chi connectivity index (χ3v) is 4.95. The number of nitrogens with zero attached hydrogens (tertiary/aromatic N) is 1. The van der Waals surface area contributed by atoms with E-state index in [-0.39, 0.29) is 23.1 Å². The SMILES string of the molecule is CC(CCC(=O)O)CNC(=O)N1CCSC(C)(C)CC1. The lowest BCUT2D eigenvalue weighted by Crippen LogP contribution is -2.42. The molecule has 1 heterocycles. The lowest BCUT2D eigenvalue weighted by Gasteiger charge is -2.23. The van der Waals surface area contributed by atoms with E-state index in [1.807, 2.05) is 23.6 Å². The standard InChI is InChI=1S/C14H26N2O3S/c1-11(4-5-12(17)18)10-15-13(19)16-7-6-14(2,3)20-9-8-16/h11H,4-10H2,1-3H3,(H,15,19)(H,17,18). The number of aliphatic carboxylic acids is 1. The summed E-state index contributed by atoms with van der Waals surface area (Å²) in [6.45, 7) is 8.50. The number of carboxylic acids is 1. The molecule has 20 heavy (non-hydrogen) atoms. The van der Waals surface area contributed by atoms with Gasteiger partial charge in [-0.3, -0.25) is 4.79 Å². The van der Waals surface area contributed by atoms with E-state index in [4.69, 9.17) is 5.11 Å². The molecule has 1 atom stereocenters. The van der Waals surface area contributed by atoms with Crippen LogP contribution in [0.3, 0.4) is 0 Å². The largest absolute Gasteiger partial charge is 0.481 e. The minimum absolute atomic E-state index is 0.0227. The molecule has 2 N–H and O–H groups in total. The van der Waals surface area contributed by atoms with Crippen molar-refractivity contribution in [3.05, 3.63) is 0 Å². The van der Waals surface area contributed by atoms with E-state index >= 15 is 0 Å². The lowest BCUT2D eigenvalue weighted by atomic mass is 10.1. The Balaban J connectivity index is 2.30. The highest BCUT2D eigenvalue weighted by molar-refractivity contribution is 8.00. The fourth-order valence-corrected chi connectivity index (χ4v) is 3.17. The Bertz CT molecular complexity index is 347. The van der Waals surface area contributed by atoms with Crippen LogP contribution in [0.15, 0.2) is 0 Å². The molecule has 2 amide bonds. The number of amides is 2. The second-order valence-corrected chi connectivity index (χ2v) is 7.87. The second-order valence-electron chi connectivity index (χ2n) is 6.07. The molecule has 1 fully saturated rings. The summed E-state index contributed by atoms with van der Waals surface area (Å²) >= 11 is 1.91. The van der Waals surface area contributed by atoms with Gasteiger partial charge in [-0.1, -0.05) is 20.8 Å². The Labute approximate surface area is 125 Å². The van der Waals surface area contributed by atoms with Gasteiger partial charge in [0.2, 0.25) is 0 Å². The van der Waals surface area contributed by atoms with Crippen molar-refractivity contribution in [3.63, 3.8) is 0 Å². The van der Waals surface area contributed by atoms with Gasteiger partial charge in [-0.05, 0) is 18.8 Å². The first kappa shape index (κ1) is 17.1. The molecule has 0 spiro atoms. The molecule has 1 aliphatic rings. The van der Waals surface area contributed by atoms with E-state index in [9.17, 15) is 9.59 Å². The van der Waals surface area contributed by atoms with E-state index < -0.39 is 5.97 Å². The molecular formula is C14H26N2O3S. The van der Waals surface area contributed by atoms with Gasteiger partial charge in [-0.2, -0.15) is 11.8 Å². The Morgan fingerprint density at radius 3 is 2.75 bits per heavy atom. The summed E-state index contributed by atoms with van der Waals surface area (Å²) in [4.78, 5) is 24.5. The van der Waals surface area contributed by atoms with Crippen molar-refractivity contribution in [2.24, 2.45) is 5.92 Å². The summed E-state index contributed by atoms with van der Waals surface area (Å²) in [5.74, 6) is 0.373. The van der Waals surface area contributed by atoms with Crippen LogP contribution in [0, 0.1) is 5.92 Å². The zero-order chi connectivity index (χ0) is 15.2. The van der Waals surface area contributed by atoms with Crippen LogP contribution in [0.25, 0.3) is 0 Å². The monoisotopic (exact) mass is 302 g/mol. The Morgan fingerprint density at radius 1 is 1.40 bits per heavy atom. The van der Waals surface area contributed by atoms with Gasteiger partial charge in [0, 0.05) is 36.6 Å². The fraction of sp³-hybridized carbons (Fsp3) is 0.857. The molecule has 1 aliphatic heterocycles. The van der Waals surface area contributed by atoms with E-state index in [2.05, 4.69) is 19.2 Å². The third-order valence-electron chi connectivity index (χ3n) is 3.58. The van der Waals surface area contributed by atoms with Crippen molar-refractivity contribution in [1.29, 1.82) is 0 Å². The zero-order valence-corrected chi connectivity index (χ0v) is 13.5. The van der Waals surface area contributed by atoms with Crippen molar-refractivity contribution in [2.45, 2.75) is 44.8 Å². The van der Waals surface area contributed by atoms with E-state index in [0.29, 0.717) is 13.0 Å². The average molecular weight is 302 g/mol. The first-order valence-corrected chi connectivity index (χ1v) is 8.17. The number of hydrogen-bond donors (Lipinski definition) is 2. The maximum absolute atomic E-state index is 12.1. The summed E-state index contributed by atoms with van der Waals surface area (Å²) in [5.41, 5.74) is 0. The summed E-state index contributed by atoms with van der Waals surface area (Å²) in [6.07, 6.45) is 1.75. The minimum Gasteiger partial charge on any atom is -0.481 e. The molecule has 0 aromatic carbocycles. The van der Waals surface area contributed by atoms with Crippen molar-refractivity contribution in [1.82, 2.24) is 10.2 Å². The second kappa shape index (κ2) is 7.76. The van der Waals surface area contributed by atoms with Gasteiger partial charge in [-0.15, -0.1) is 0 Å². The predicted octanol–water partition coefficient (Wildman–Crippen LogP) is 2.41. The molecule has 0 aromatic rings. The number of nitrogens with one attached hydrogen (secondary N) is 1. The summed E-state index contributed by atoms with van der Waals surface area (Å²) in [6, 6.07) is -0.0227. The van der Waals surface area contributed by atoms with Gasteiger partial charge < -0.3 is 15.3 Å². The average Bonchev–Trinajstić information content (AvgIpc) is 2.54. The fourth-order valence-electron chi connectivity index (χ4n) is 2.07. The molecule has 1 saturated heterocycles. The van der Waals surface area contributed by atoms with Crippen LogP contribution in [0.2, 0.25) is 0 Å². The molecule has 6 heteroatoms. The molecule has 0 aromatic heterocycles. The van der Waals surface area contributed by atoms with Gasteiger partial charge in [0.05, 0.1) is 0 Å². The first-order chi connectivity index (χ1) is 9.30. The van der Waals surface area contributed by atoms with Crippen LogP contribution in [0.1, 0.15) is 40.0 Å².